The Morgan fingerprint density at radius 2 is 1.48 bits per heavy atom. The van der Waals surface area contributed by atoms with E-state index in [-0.39, 0.29) is 18.9 Å². The third-order valence-corrected chi connectivity index (χ3v) is 6.40. The van der Waals surface area contributed by atoms with Gasteiger partial charge in [-0.05, 0) is 62.5 Å². The second-order valence-electron chi connectivity index (χ2n) is 7.65. The molecule has 4 rings (SSSR count). The Labute approximate surface area is 194 Å². The highest BCUT2D eigenvalue weighted by Gasteiger charge is 2.33. The van der Waals surface area contributed by atoms with Gasteiger partial charge < -0.3 is 15.6 Å². The Morgan fingerprint density at radius 3 is 2.03 bits per heavy atom. The van der Waals surface area contributed by atoms with Crippen molar-refractivity contribution in [3.63, 3.8) is 0 Å². The monoisotopic (exact) mass is 527 g/mol. The minimum absolute atomic E-state index is 0.0654. The largest absolute Gasteiger partial charge is 0.481 e. The maximum Gasteiger partial charge on any atom is 0.315 e. The van der Waals surface area contributed by atoms with Crippen LogP contribution < -0.4 is 5.73 Å². The van der Waals surface area contributed by atoms with Gasteiger partial charge in [0.15, 0.2) is 0 Å². The summed E-state index contributed by atoms with van der Waals surface area (Å²) >= 11 is 2.18. The number of aliphatic carboxylic acids is 1. The molecule has 3 aromatic rings. The van der Waals surface area contributed by atoms with Crippen LogP contribution in [0.4, 0.5) is 0 Å². The van der Waals surface area contributed by atoms with E-state index >= 15 is 0 Å². The number of carboxylic acid groups (broad SMARTS) is 1. The number of ether oxygens (including phenoxy) is 1. The number of hydrogen-bond donors (Lipinski definition) is 2. The molecule has 2 atom stereocenters. The third-order valence-electron chi connectivity index (χ3n) is 5.68. The van der Waals surface area contributed by atoms with Crippen molar-refractivity contribution in [3.05, 3.63) is 93.1 Å². The molecule has 158 valence electrons. The molecule has 0 fully saturated rings. The Kier molecular flexibility index (Phi) is 6.38. The summed E-state index contributed by atoms with van der Waals surface area (Å²) < 4.78 is 6.79. The minimum Gasteiger partial charge on any atom is -0.481 e. The van der Waals surface area contributed by atoms with Crippen LogP contribution in [0.3, 0.4) is 0 Å². The number of benzene rings is 3. The van der Waals surface area contributed by atoms with E-state index in [1.165, 1.54) is 0 Å². The van der Waals surface area contributed by atoms with Gasteiger partial charge in [0.05, 0.1) is 12.3 Å². The fourth-order valence-electron chi connectivity index (χ4n) is 4.24. The van der Waals surface area contributed by atoms with Gasteiger partial charge >= 0.3 is 11.9 Å². The summed E-state index contributed by atoms with van der Waals surface area (Å²) in [6.45, 7) is 0.174. The molecule has 0 bridgehead atoms. The SMILES string of the molecule is N[C@@H](CC(=O)O)C(C(=O)OCC1c2ccccc2-c2ccccc21)c1ccc(I)cc1. The van der Waals surface area contributed by atoms with Crippen molar-refractivity contribution in [2.45, 2.75) is 24.3 Å². The molecule has 6 heteroatoms. The van der Waals surface area contributed by atoms with E-state index in [1.54, 1.807) is 12.1 Å². The molecule has 5 nitrogen and oxygen atoms in total. The Hall–Kier alpha value is -2.71. The van der Waals surface area contributed by atoms with Crippen LogP contribution in [0.1, 0.15) is 34.9 Å². The first-order valence-corrected chi connectivity index (χ1v) is 11.1. The zero-order valence-corrected chi connectivity index (χ0v) is 18.9. The first-order chi connectivity index (χ1) is 15.0. The highest BCUT2D eigenvalue weighted by Crippen LogP contribution is 2.44. The number of fused-ring (bicyclic) bond motifs is 3. The fraction of sp³-hybridized carbons (Fsp3) is 0.200. The lowest BCUT2D eigenvalue weighted by Gasteiger charge is -2.23. The average molecular weight is 527 g/mol. The summed E-state index contributed by atoms with van der Waals surface area (Å²) in [4.78, 5) is 24.4. The van der Waals surface area contributed by atoms with E-state index in [0.717, 1.165) is 25.8 Å². The molecule has 0 saturated heterocycles. The van der Waals surface area contributed by atoms with Gasteiger partial charge in [-0.1, -0.05) is 60.7 Å². The number of halogens is 1. The van der Waals surface area contributed by atoms with Gasteiger partial charge in [0.2, 0.25) is 0 Å². The van der Waals surface area contributed by atoms with Crippen LogP contribution in [0.5, 0.6) is 0 Å². The standard InChI is InChI=1S/C25H22INO4/c26-16-11-9-15(10-12-16)24(22(27)13-23(28)29)25(30)31-14-21-19-7-3-1-5-17(19)18-6-2-4-8-20(18)21/h1-12,21-22,24H,13-14,27H2,(H,28,29)/t22-,24?/m0/s1. The van der Waals surface area contributed by atoms with Gasteiger partial charge in [-0.25, -0.2) is 0 Å². The molecule has 0 saturated carbocycles. The zero-order chi connectivity index (χ0) is 22.0. The van der Waals surface area contributed by atoms with Gasteiger partial charge in [0.25, 0.3) is 0 Å². The van der Waals surface area contributed by atoms with Crippen molar-refractivity contribution in [2.24, 2.45) is 5.73 Å². The summed E-state index contributed by atoms with van der Waals surface area (Å²) in [5.41, 5.74) is 11.3. The van der Waals surface area contributed by atoms with E-state index < -0.39 is 23.9 Å². The first-order valence-electron chi connectivity index (χ1n) is 10.0. The molecule has 0 radical (unpaired) electrons. The highest BCUT2D eigenvalue weighted by molar-refractivity contribution is 14.1. The molecule has 0 amide bonds. The van der Waals surface area contributed by atoms with Crippen molar-refractivity contribution in [1.29, 1.82) is 0 Å². The molecule has 31 heavy (non-hydrogen) atoms. The maximum absolute atomic E-state index is 13.1. The average Bonchev–Trinajstić information content (AvgIpc) is 3.07. The molecule has 0 aromatic heterocycles. The van der Waals surface area contributed by atoms with Gasteiger partial charge in [0, 0.05) is 15.5 Å². The lowest BCUT2D eigenvalue weighted by Crippen LogP contribution is -2.37. The molecule has 1 aliphatic rings. The van der Waals surface area contributed by atoms with Crippen LogP contribution in [-0.4, -0.2) is 29.7 Å². The summed E-state index contributed by atoms with van der Waals surface area (Å²) in [7, 11) is 0. The number of esters is 1. The van der Waals surface area contributed by atoms with E-state index in [2.05, 4.69) is 46.9 Å². The minimum atomic E-state index is -1.05. The smallest absolute Gasteiger partial charge is 0.315 e. The molecule has 0 heterocycles. The maximum atomic E-state index is 13.1. The summed E-state index contributed by atoms with van der Waals surface area (Å²) in [6.07, 6.45) is -0.319. The van der Waals surface area contributed by atoms with Crippen LogP contribution in [-0.2, 0) is 14.3 Å². The van der Waals surface area contributed by atoms with Gasteiger partial charge in [-0.15, -0.1) is 0 Å². The van der Waals surface area contributed by atoms with Crippen molar-refractivity contribution in [1.82, 2.24) is 0 Å². The van der Waals surface area contributed by atoms with E-state index in [0.29, 0.717) is 5.56 Å². The number of nitrogens with two attached hydrogens (primary N) is 1. The van der Waals surface area contributed by atoms with Crippen molar-refractivity contribution >= 4 is 34.5 Å². The van der Waals surface area contributed by atoms with Crippen molar-refractivity contribution in [2.75, 3.05) is 6.61 Å². The van der Waals surface area contributed by atoms with Crippen LogP contribution in [0.25, 0.3) is 11.1 Å². The van der Waals surface area contributed by atoms with Crippen molar-refractivity contribution in [3.8, 4) is 11.1 Å². The molecule has 0 spiro atoms. The van der Waals surface area contributed by atoms with E-state index in [9.17, 15) is 14.7 Å². The molecule has 0 aliphatic heterocycles. The number of carboxylic acids is 1. The Bertz CT molecular complexity index is 1070. The van der Waals surface area contributed by atoms with Gasteiger partial charge in [-0.3, -0.25) is 9.59 Å². The summed E-state index contributed by atoms with van der Waals surface area (Å²) in [5.74, 6) is -2.46. The second kappa shape index (κ2) is 9.20. The molecular formula is C25H22INO4. The molecule has 1 unspecified atom stereocenters. The molecule has 3 aromatic carbocycles. The first kappa shape index (κ1) is 21.5. The quantitative estimate of drug-likeness (QED) is 0.348. The Morgan fingerprint density at radius 1 is 0.935 bits per heavy atom. The van der Waals surface area contributed by atoms with Crippen molar-refractivity contribution < 1.29 is 19.4 Å². The molecule has 1 aliphatic carbocycles. The lowest BCUT2D eigenvalue weighted by atomic mass is 9.90. The predicted octanol–water partition coefficient (Wildman–Crippen LogP) is 4.53. The fourth-order valence-corrected chi connectivity index (χ4v) is 4.60. The summed E-state index contributed by atoms with van der Waals surface area (Å²) in [6, 6.07) is 22.7. The zero-order valence-electron chi connectivity index (χ0n) is 16.7. The second-order valence-corrected chi connectivity index (χ2v) is 8.89. The lowest BCUT2D eigenvalue weighted by molar-refractivity contribution is -0.146. The van der Waals surface area contributed by atoms with E-state index in [4.69, 9.17) is 10.5 Å². The topological polar surface area (TPSA) is 89.6 Å². The molecule has 3 N–H and O–H groups in total. The normalized spacial score (nSPS) is 14.4. The number of carbonyl (C=O) groups is 2. The third kappa shape index (κ3) is 4.50. The van der Waals surface area contributed by atoms with Gasteiger partial charge in [-0.2, -0.15) is 0 Å². The van der Waals surface area contributed by atoms with Crippen LogP contribution in [0.2, 0.25) is 0 Å². The van der Waals surface area contributed by atoms with Crippen LogP contribution in [0, 0.1) is 3.57 Å². The predicted molar refractivity (Wildman–Crippen MR) is 127 cm³/mol. The number of carbonyl (C=O) groups excluding carboxylic acids is 1. The van der Waals surface area contributed by atoms with Crippen LogP contribution >= 0.6 is 22.6 Å². The number of hydrogen-bond acceptors (Lipinski definition) is 4. The summed E-state index contributed by atoms with van der Waals surface area (Å²) in [5, 5.41) is 9.19. The molecular weight excluding hydrogens is 505 g/mol. The Balaban J connectivity index is 1.58. The van der Waals surface area contributed by atoms with E-state index in [1.807, 2.05) is 36.4 Å². The number of rotatable bonds is 7. The van der Waals surface area contributed by atoms with Gasteiger partial charge in [0.1, 0.15) is 6.61 Å². The van der Waals surface area contributed by atoms with Crippen LogP contribution in [0.15, 0.2) is 72.8 Å². The highest BCUT2D eigenvalue weighted by atomic mass is 127.